The van der Waals surface area contributed by atoms with Crippen LogP contribution in [0.3, 0.4) is 0 Å². The molecule has 0 saturated heterocycles. The van der Waals surface area contributed by atoms with Crippen molar-refractivity contribution >= 4 is 15.6 Å². The summed E-state index contributed by atoms with van der Waals surface area (Å²) in [5.41, 5.74) is 0. The second kappa shape index (κ2) is 53.1. The Morgan fingerprint density at radius 3 is 0.508 bits per heavy atom. The Balaban J connectivity index is -0.00000105. The molecule has 0 aromatic heterocycles. The molecule has 8 nitrogen and oxygen atoms in total. The molecule has 0 amide bonds. The molecule has 0 aromatic rings. The predicted molar refractivity (Wildman–Crippen MR) is 246 cm³/mol. The van der Waals surface area contributed by atoms with Crippen LogP contribution in [0.25, 0.3) is 0 Å². The van der Waals surface area contributed by atoms with Crippen LogP contribution in [0.15, 0.2) is 0 Å². The van der Waals surface area contributed by atoms with Gasteiger partial charge in [-0.05, 0) is 25.7 Å². The zero-order chi connectivity index (χ0) is 42.9. The van der Waals surface area contributed by atoms with Gasteiger partial charge in [-0.15, -0.1) is 0 Å². The first-order valence-electron chi connectivity index (χ1n) is 25.4. The first kappa shape index (κ1) is 64.0. The van der Waals surface area contributed by atoms with Crippen molar-refractivity contribution in [2.45, 2.75) is 285 Å². The molecule has 0 unspecified atom stereocenters. The fourth-order valence-corrected chi connectivity index (χ4v) is 8.70. The predicted octanol–water partition coefficient (Wildman–Crippen LogP) is 16.7. The minimum absolute atomic E-state index is 0. The van der Waals surface area contributed by atoms with E-state index < -0.39 is 15.6 Å². The number of phosphoric acid groups is 2. The maximum atomic E-state index is 11.7. The van der Waals surface area contributed by atoms with E-state index in [0.717, 1.165) is 51.4 Å². The molecule has 356 valence electrons. The van der Waals surface area contributed by atoms with E-state index in [1.807, 2.05) is 0 Å². The first-order valence-corrected chi connectivity index (χ1v) is 28.4. The first-order chi connectivity index (χ1) is 28.2. The molecular weight excluding hydrogens is 818 g/mol. The largest absolute Gasteiger partial charge is 2.00 e. The van der Waals surface area contributed by atoms with Crippen LogP contribution in [0.4, 0.5) is 0 Å². The zero-order valence-electron chi connectivity index (χ0n) is 39.7. The van der Waals surface area contributed by atoms with E-state index in [1.54, 1.807) is 0 Å². The van der Waals surface area contributed by atoms with Crippen LogP contribution >= 0.6 is 15.6 Å². The summed E-state index contributed by atoms with van der Waals surface area (Å²) < 4.78 is 43.4. The summed E-state index contributed by atoms with van der Waals surface area (Å²) in [7, 11) is -8.19. The van der Waals surface area contributed by atoms with E-state index in [-0.39, 0.29) is 43.8 Å². The van der Waals surface area contributed by atoms with Crippen molar-refractivity contribution in [3.8, 4) is 0 Å². The summed E-state index contributed by atoms with van der Waals surface area (Å²) in [5.74, 6) is 0. The second-order valence-electron chi connectivity index (χ2n) is 17.0. The van der Waals surface area contributed by atoms with Gasteiger partial charge in [-0.25, -0.2) is 0 Å². The molecule has 0 aliphatic heterocycles. The molecule has 0 N–H and O–H groups in total. The van der Waals surface area contributed by atoms with Crippen LogP contribution < -0.4 is 9.79 Å². The quantitative estimate of drug-likeness (QED) is 0.0437. The molecule has 0 aliphatic carbocycles. The molecular formula is C48H100CrO8P2. The zero-order valence-corrected chi connectivity index (χ0v) is 42.7. The smallest absolute Gasteiger partial charge is 0.756 e. The van der Waals surface area contributed by atoms with Crippen LogP contribution in [0.5, 0.6) is 0 Å². The third-order valence-electron chi connectivity index (χ3n) is 11.0. The van der Waals surface area contributed by atoms with Gasteiger partial charge >= 0.3 is 17.4 Å². The van der Waals surface area contributed by atoms with Crippen molar-refractivity contribution in [2.24, 2.45) is 0 Å². The normalized spacial score (nSPS) is 11.8. The average Bonchev–Trinajstić information content (AvgIpc) is 3.20. The summed E-state index contributed by atoms with van der Waals surface area (Å²) in [5, 5.41) is 0. The standard InChI is InChI=1S/2C24H51O4P.Cr/c2*1-3-5-7-9-11-13-15-17-19-21-23-27-29(25,26)28-24-22-20-18-16-14-12-10-8-6-4-2;/h2*3-24H2,1-2H3,(H,25,26);/q;;+2/p-2. The van der Waals surface area contributed by atoms with Gasteiger partial charge in [-0.1, -0.05) is 259 Å². The Bertz CT molecular complexity index is 741. The van der Waals surface area contributed by atoms with Crippen LogP contribution in [-0.2, 0) is 44.6 Å². The number of hydrogen-bond acceptors (Lipinski definition) is 8. The van der Waals surface area contributed by atoms with Gasteiger partial charge in [0.15, 0.2) is 0 Å². The molecule has 0 spiro atoms. The van der Waals surface area contributed by atoms with Crippen molar-refractivity contribution < 1.29 is 54.4 Å². The number of rotatable bonds is 48. The molecule has 0 fully saturated rings. The topological polar surface area (TPSA) is 117 Å². The molecule has 0 aliphatic rings. The Morgan fingerprint density at radius 1 is 0.254 bits per heavy atom. The Hall–Kier alpha value is 0.752. The maximum absolute atomic E-state index is 11.7. The van der Waals surface area contributed by atoms with Gasteiger partial charge in [-0.2, -0.15) is 0 Å². The van der Waals surface area contributed by atoms with E-state index in [4.69, 9.17) is 18.1 Å². The van der Waals surface area contributed by atoms with Gasteiger partial charge in [0.05, 0.1) is 26.4 Å². The number of hydrogen-bond donors (Lipinski definition) is 0. The van der Waals surface area contributed by atoms with E-state index in [0.29, 0.717) is 0 Å². The molecule has 11 heteroatoms. The van der Waals surface area contributed by atoms with Crippen LogP contribution in [-0.4, -0.2) is 26.4 Å². The molecule has 59 heavy (non-hydrogen) atoms. The van der Waals surface area contributed by atoms with E-state index in [1.165, 1.54) is 205 Å². The third-order valence-corrected chi connectivity index (χ3v) is 13.0. The van der Waals surface area contributed by atoms with Crippen molar-refractivity contribution in [3.63, 3.8) is 0 Å². The van der Waals surface area contributed by atoms with Gasteiger partial charge in [0.2, 0.25) is 0 Å². The molecule has 0 heterocycles. The van der Waals surface area contributed by atoms with Gasteiger partial charge in [0, 0.05) is 0 Å². The minimum atomic E-state index is -4.10. The Kier molecular flexibility index (Phi) is 57.6. The van der Waals surface area contributed by atoms with Gasteiger partial charge < -0.3 is 27.9 Å². The van der Waals surface area contributed by atoms with Gasteiger partial charge in [0.25, 0.3) is 15.6 Å². The molecule has 0 aromatic carbocycles. The van der Waals surface area contributed by atoms with Crippen molar-refractivity contribution in [3.05, 3.63) is 0 Å². The molecule has 0 rings (SSSR count). The summed E-state index contributed by atoms with van der Waals surface area (Å²) in [6, 6.07) is 0. The summed E-state index contributed by atoms with van der Waals surface area (Å²) >= 11 is 0. The Morgan fingerprint density at radius 2 is 0.373 bits per heavy atom. The fraction of sp³-hybridized carbons (Fsp3) is 1.00. The van der Waals surface area contributed by atoms with Crippen LogP contribution in [0.2, 0.25) is 0 Å². The van der Waals surface area contributed by atoms with Crippen molar-refractivity contribution in [1.29, 1.82) is 0 Å². The molecule has 0 radical (unpaired) electrons. The van der Waals surface area contributed by atoms with Crippen LogP contribution in [0.1, 0.15) is 285 Å². The molecule has 0 bridgehead atoms. The molecule has 0 atom stereocenters. The van der Waals surface area contributed by atoms with Gasteiger partial charge in [-0.3, -0.25) is 9.13 Å². The maximum Gasteiger partial charge on any atom is 2.00 e. The van der Waals surface area contributed by atoms with Gasteiger partial charge in [0.1, 0.15) is 0 Å². The van der Waals surface area contributed by atoms with Crippen molar-refractivity contribution in [1.82, 2.24) is 0 Å². The summed E-state index contributed by atoms with van der Waals surface area (Å²) in [4.78, 5) is 23.5. The Labute approximate surface area is 379 Å². The average molecular weight is 919 g/mol. The third kappa shape index (κ3) is 58.8. The molecule has 0 saturated carbocycles. The van der Waals surface area contributed by atoms with E-state index in [2.05, 4.69) is 27.7 Å². The minimum Gasteiger partial charge on any atom is -0.756 e. The fourth-order valence-electron chi connectivity index (χ4n) is 7.14. The number of unbranched alkanes of at least 4 members (excludes halogenated alkanes) is 36. The van der Waals surface area contributed by atoms with Crippen molar-refractivity contribution in [2.75, 3.05) is 26.4 Å². The second-order valence-corrected chi connectivity index (χ2v) is 19.8. The summed E-state index contributed by atoms with van der Waals surface area (Å²) in [6.07, 6.45) is 49.0. The summed E-state index contributed by atoms with van der Waals surface area (Å²) in [6.45, 7) is 10.0. The van der Waals surface area contributed by atoms with E-state index >= 15 is 0 Å². The SMILES string of the molecule is CCCCCCCCCCCCOP(=O)([O-])OCCCCCCCCCCCC.CCCCCCCCCCCCOP(=O)([O-])OCCCCCCCCCCCC.[Cr+2]. The monoisotopic (exact) mass is 919 g/mol. The van der Waals surface area contributed by atoms with Crippen LogP contribution in [0, 0.1) is 0 Å². The number of phosphoric ester groups is 2. The van der Waals surface area contributed by atoms with E-state index in [9.17, 15) is 18.9 Å².